The number of phenols is 2. The molecular weight excluding hydrogens is 280 g/mol. The van der Waals surface area contributed by atoms with Gasteiger partial charge in [0.15, 0.2) is 5.75 Å². The molecule has 2 aromatic carbocycles. The molecule has 5 nitrogen and oxygen atoms in total. The molecule has 1 amide bonds. The van der Waals surface area contributed by atoms with Crippen LogP contribution >= 0.6 is 0 Å². The Bertz CT molecular complexity index is 875. The summed E-state index contributed by atoms with van der Waals surface area (Å²) in [5.74, 6) is -0.726. The van der Waals surface area contributed by atoms with Crippen LogP contribution in [0.3, 0.4) is 0 Å². The first kappa shape index (κ1) is 13.9. The summed E-state index contributed by atoms with van der Waals surface area (Å²) in [6.07, 6.45) is 0.419. The monoisotopic (exact) mass is 294 g/mol. The molecule has 1 aromatic heterocycles. The lowest BCUT2D eigenvalue weighted by Gasteiger charge is -2.08. The fourth-order valence-electron chi connectivity index (χ4n) is 2.37. The molecule has 4 N–H and O–H groups in total. The predicted octanol–water partition coefficient (Wildman–Crippen LogP) is 2.34. The molecule has 1 heterocycles. The van der Waals surface area contributed by atoms with E-state index in [0.29, 0.717) is 23.0 Å². The van der Waals surface area contributed by atoms with Crippen molar-refractivity contribution in [2.75, 3.05) is 0 Å². The maximum Gasteiger partial charge on any atom is 0.252 e. The van der Waals surface area contributed by atoms with Crippen molar-refractivity contribution in [2.24, 2.45) is 5.73 Å². The number of nitrogens with zero attached hydrogens (tertiary/aromatic N) is 1. The van der Waals surface area contributed by atoms with Gasteiger partial charge in [-0.25, -0.2) is 4.98 Å². The van der Waals surface area contributed by atoms with Gasteiger partial charge < -0.3 is 15.9 Å². The van der Waals surface area contributed by atoms with Crippen molar-refractivity contribution in [1.82, 2.24) is 4.98 Å². The van der Waals surface area contributed by atoms with Gasteiger partial charge in [-0.2, -0.15) is 0 Å². The second-order valence-electron chi connectivity index (χ2n) is 5.01. The lowest BCUT2D eigenvalue weighted by Crippen LogP contribution is -2.11. The average molecular weight is 294 g/mol. The minimum absolute atomic E-state index is 0.0414. The number of phenolic OH excluding ortho intramolecular Hbond substituents is 1. The highest BCUT2D eigenvalue weighted by atomic mass is 16.3. The molecule has 0 radical (unpaired) electrons. The van der Waals surface area contributed by atoms with Crippen LogP contribution in [0.4, 0.5) is 0 Å². The Kier molecular flexibility index (Phi) is 3.39. The molecule has 0 aliphatic heterocycles. The van der Waals surface area contributed by atoms with Crippen LogP contribution in [0.5, 0.6) is 11.5 Å². The van der Waals surface area contributed by atoms with Crippen molar-refractivity contribution in [1.29, 1.82) is 0 Å². The van der Waals surface area contributed by atoms with Gasteiger partial charge in [0, 0.05) is 17.5 Å². The van der Waals surface area contributed by atoms with Crippen LogP contribution in [0.15, 0.2) is 48.5 Å². The highest BCUT2D eigenvalue weighted by Crippen LogP contribution is 2.28. The van der Waals surface area contributed by atoms with E-state index in [2.05, 4.69) is 4.98 Å². The SMILES string of the molecule is NC(=O)c1ccc2ccc(Cc3ccccc3O)nc2c1O. The van der Waals surface area contributed by atoms with Crippen LogP contribution in [-0.4, -0.2) is 21.1 Å². The van der Waals surface area contributed by atoms with Crippen molar-refractivity contribution in [3.63, 3.8) is 0 Å². The molecule has 0 fully saturated rings. The fraction of sp³-hybridized carbons (Fsp3) is 0.0588. The fourth-order valence-corrected chi connectivity index (χ4v) is 2.37. The van der Waals surface area contributed by atoms with Gasteiger partial charge in [-0.15, -0.1) is 0 Å². The van der Waals surface area contributed by atoms with Crippen LogP contribution in [0.2, 0.25) is 0 Å². The zero-order valence-electron chi connectivity index (χ0n) is 11.7. The molecule has 0 aliphatic rings. The number of fused-ring (bicyclic) bond motifs is 1. The van der Waals surface area contributed by atoms with Crippen LogP contribution in [0.1, 0.15) is 21.6 Å². The Morgan fingerprint density at radius 2 is 1.77 bits per heavy atom. The molecule has 22 heavy (non-hydrogen) atoms. The average Bonchev–Trinajstić information content (AvgIpc) is 2.50. The van der Waals surface area contributed by atoms with Gasteiger partial charge in [0.1, 0.15) is 11.3 Å². The van der Waals surface area contributed by atoms with Crippen LogP contribution in [0, 0.1) is 0 Å². The van der Waals surface area contributed by atoms with Crippen molar-refractivity contribution in [2.45, 2.75) is 6.42 Å². The second kappa shape index (κ2) is 5.37. The van der Waals surface area contributed by atoms with E-state index in [1.807, 2.05) is 18.2 Å². The highest BCUT2D eigenvalue weighted by Gasteiger charge is 2.13. The predicted molar refractivity (Wildman–Crippen MR) is 82.8 cm³/mol. The second-order valence-corrected chi connectivity index (χ2v) is 5.01. The van der Waals surface area contributed by atoms with E-state index < -0.39 is 5.91 Å². The minimum Gasteiger partial charge on any atom is -0.508 e. The number of hydrogen-bond donors (Lipinski definition) is 3. The van der Waals surface area contributed by atoms with Crippen molar-refractivity contribution < 1.29 is 15.0 Å². The summed E-state index contributed by atoms with van der Waals surface area (Å²) in [4.78, 5) is 15.7. The summed E-state index contributed by atoms with van der Waals surface area (Å²) in [6, 6.07) is 13.8. The number of aromatic hydroxyl groups is 2. The molecule has 0 atom stereocenters. The van der Waals surface area contributed by atoms with Crippen molar-refractivity contribution >= 4 is 16.8 Å². The van der Waals surface area contributed by atoms with E-state index in [9.17, 15) is 15.0 Å². The first-order valence-electron chi connectivity index (χ1n) is 6.74. The third-order valence-corrected chi connectivity index (χ3v) is 3.52. The zero-order valence-corrected chi connectivity index (χ0v) is 11.7. The molecule has 5 heteroatoms. The number of carbonyl (C=O) groups excluding carboxylic acids is 1. The number of amides is 1. The standard InChI is InChI=1S/C17H14N2O3/c18-17(22)13-8-6-10-5-7-12(19-15(10)16(13)21)9-11-3-1-2-4-14(11)20/h1-8,20-21H,9H2,(H2,18,22). The van der Waals surface area contributed by atoms with Gasteiger partial charge in [0.2, 0.25) is 0 Å². The highest BCUT2D eigenvalue weighted by molar-refractivity contribution is 6.01. The van der Waals surface area contributed by atoms with E-state index >= 15 is 0 Å². The number of hydrogen-bond acceptors (Lipinski definition) is 4. The van der Waals surface area contributed by atoms with E-state index in [0.717, 1.165) is 5.56 Å². The molecule has 0 saturated carbocycles. The Hall–Kier alpha value is -3.08. The number of benzene rings is 2. The van der Waals surface area contributed by atoms with Crippen molar-refractivity contribution in [3.05, 3.63) is 65.4 Å². The van der Waals surface area contributed by atoms with Gasteiger partial charge in [-0.05, 0) is 23.8 Å². The smallest absolute Gasteiger partial charge is 0.252 e. The summed E-state index contributed by atoms with van der Waals surface area (Å²) in [5.41, 5.74) is 7.00. The van der Waals surface area contributed by atoms with Gasteiger partial charge in [0.05, 0.1) is 5.56 Å². The van der Waals surface area contributed by atoms with E-state index in [1.54, 1.807) is 24.3 Å². The first-order valence-corrected chi connectivity index (χ1v) is 6.74. The van der Waals surface area contributed by atoms with E-state index in [4.69, 9.17) is 5.73 Å². The largest absolute Gasteiger partial charge is 0.508 e. The number of para-hydroxylation sites is 1. The number of primary amides is 1. The summed E-state index contributed by atoms with van der Waals surface area (Å²) in [7, 11) is 0. The lowest BCUT2D eigenvalue weighted by molar-refractivity contribution is 0.0998. The number of rotatable bonds is 3. The number of pyridine rings is 1. The molecule has 3 aromatic rings. The van der Waals surface area contributed by atoms with Gasteiger partial charge in [-0.3, -0.25) is 4.79 Å². The van der Waals surface area contributed by atoms with E-state index in [-0.39, 0.29) is 17.1 Å². The summed E-state index contributed by atoms with van der Waals surface area (Å²) < 4.78 is 0. The normalized spacial score (nSPS) is 10.7. The topological polar surface area (TPSA) is 96.4 Å². The molecule has 0 saturated heterocycles. The number of nitrogens with two attached hydrogens (primary N) is 1. The number of carbonyl (C=O) groups is 1. The third-order valence-electron chi connectivity index (χ3n) is 3.52. The van der Waals surface area contributed by atoms with Gasteiger partial charge in [0.25, 0.3) is 5.91 Å². The molecule has 0 unspecified atom stereocenters. The Labute approximate surface area is 126 Å². The maximum absolute atomic E-state index is 11.3. The molecule has 0 spiro atoms. The zero-order chi connectivity index (χ0) is 15.7. The van der Waals surface area contributed by atoms with Crippen LogP contribution < -0.4 is 5.73 Å². The molecule has 110 valence electrons. The lowest BCUT2D eigenvalue weighted by atomic mass is 10.1. The van der Waals surface area contributed by atoms with Gasteiger partial charge in [-0.1, -0.05) is 30.3 Å². The molecule has 0 aliphatic carbocycles. The van der Waals surface area contributed by atoms with Crippen LogP contribution in [-0.2, 0) is 6.42 Å². The van der Waals surface area contributed by atoms with E-state index in [1.165, 1.54) is 6.07 Å². The van der Waals surface area contributed by atoms with Crippen molar-refractivity contribution in [3.8, 4) is 11.5 Å². The Morgan fingerprint density at radius 1 is 1.05 bits per heavy atom. The van der Waals surface area contributed by atoms with Crippen LogP contribution in [0.25, 0.3) is 10.9 Å². The molecular formula is C17H14N2O3. The maximum atomic E-state index is 11.3. The summed E-state index contributed by atoms with van der Waals surface area (Å²) >= 11 is 0. The minimum atomic E-state index is -0.702. The Morgan fingerprint density at radius 3 is 2.50 bits per heavy atom. The first-order chi connectivity index (χ1) is 10.6. The summed E-state index contributed by atoms with van der Waals surface area (Å²) in [6.45, 7) is 0. The third kappa shape index (κ3) is 2.44. The quantitative estimate of drug-likeness (QED) is 0.690. The van der Waals surface area contributed by atoms with Gasteiger partial charge >= 0.3 is 0 Å². The molecule has 3 rings (SSSR count). The number of aromatic nitrogens is 1. The Balaban J connectivity index is 2.07. The molecule has 0 bridgehead atoms. The summed E-state index contributed by atoms with van der Waals surface area (Å²) in [5, 5.41) is 20.7.